The number of fused-ring (bicyclic) bond motifs is 1. The fourth-order valence-electron chi connectivity index (χ4n) is 4.51. The Morgan fingerprint density at radius 1 is 1.18 bits per heavy atom. The third-order valence-electron chi connectivity index (χ3n) is 5.93. The SMILES string of the molecule is CS(=O)(=O)c1nccc(N2CCC(C3CCc4cc(C(N)=O)ccc43)CC2)n1. The highest BCUT2D eigenvalue weighted by molar-refractivity contribution is 7.90. The predicted octanol–water partition coefficient (Wildman–Crippen LogP) is 1.93. The molecule has 0 bridgehead atoms. The van der Waals surface area contributed by atoms with Crippen molar-refractivity contribution in [1.82, 2.24) is 9.97 Å². The smallest absolute Gasteiger partial charge is 0.248 e. The van der Waals surface area contributed by atoms with Crippen LogP contribution in [0, 0.1) is 5.92 Å². The summed E-state index contributed by atoms with van der Waals surface area (Å²) in [6, 6.07) is 7.62. The zero-order chi connectivity index (χ0) is 19.9. The summed E-state index contributed by atoms with van der Waals surface area (Å²) >= 11 is 0. The Kier molecular flexibility index (Phi) is 4.82. The highest BCUT2D eigenvalue weighted by atomic mass is 32.2. The lowest BCUT2D eigenvalue weighted by molar-refractivity contribution is 0.1000. The summed E-state index contributed by atoms with van der Waals surface area (Å²) in [7, 11) is -3.41. The monoisotopic (exact) mass is 400 g/mol. The number of hydrogen-bond donors (Lipinski definition) is 1. The maximum Gasteiger partial charge on any atom is 0.248 e. The van der Waals surface area contributed by atoms with E-state index in [-0.39, 0.29) is 11.1 Å². The van der Waals surface area contributed by atoms with Gasteiger partial charge in [-0.1, -0.05) is 6.07 Å². The normalized spacial score (nSPS) is 20.2. The topological polar surface area (TPSA) is 106 Å². The van der Waals surface area contributed by atoms with Gasteiger partial charge in [-0.05, 0) is 66.8 Å². The van der Waals surface area contributed by atoms with Crippen LogP contribution < -0.4 is 10.6 Å². The van der Waals surface area contributed by atoms with E-state index in [0.717, 1.165) is 45.0 Å². The third-order valence-corrected chi connectivity index (χ3v) is 6.79. The quantitative estimate of drug-likeness (QED) is 0.786. The first-order valence-electron chi connectivity index (χ1n) is 9.53. The molecule has 0 saturated carbocycles. The van der Waals surface area contributed by atoms with E-state index in [1.807, 2.05) is 12.1 Å². The van der Waals surface area contributed by atoms with Crippen LogP contribution in [-0.4, -0.2) is 43.6 Å². The van der Waals surface area contributed by atoms with Crippen LogP contribution in [0.2, 0.25) is 0 Å². The van der Waals surface area contributed by atoms with Crippen molar-refractivity contribution >= 4 is 21.6 Å². The fraction of sp³-hybridized carbons (Fsp3) is 0.450. The van der Waals surface area contributed by atoms with Gasteiger partial charge in [0, 0.05) is 31.1 Å². The van der Waals surface area contributed by atoms with Crippen LogP contribution in [-0.2, 0) is 16.3 Å². The molecule has 4 rings (SSSR count). The first-order chi connectivity index (χ1) is 13.3. The van der Waals surface area contributed by atoms with Gasteiger partial charge in [-0.2, -0.15) is 0 Å². The van der Waals surface area contributed by atoms with Gasteiger partial charge in [0.25, 0.3) is 0 Å². The molecule has 7 nitrogen and oxygen atoms in total. The second kappa shape index (κ2) is 7.16. The molecule has 1 aliphatic carbocycles. The number of nitrogens with two attached hydrogens (primary N) is 1. The number of primary amides is 1. The molecule has 1 atom stereocenters. The molecule has 28 heavy (non-hydrogen) atoms. The van der Waals surface area contributed by atoms with Gasteiger partial charge in [0.05, 0.1) is 0 Å². The molecule has 0 spiro atoms. The van der Waals surface area contributed by atoms with E-state index >= 15 is 0 Å². The number of piperidine rings is 1. The first kappa shape index (κ1) is 18.9. The summed E-state index contributed by atoms with van der Waals surface area (Å²) in [6.45, 7) is 1.69. The minimum atomic E-state index is -3.41. The lowest BCUT2D eigenvalue weighted by Gasteiger charge is -2.36. The van der Waals surface area contributed by atoms with Crippen molar-refractivity contribution in [1.29, 1.82) is 0 Å². The van der Waals surface area contributed by atoms with Gasteiger partial charge < -0.3 is 10.6 Å². The Morgan fingerprint density at radius 2 is 1.93 bits per heavy atom. The van der Waals surface area contributed by atoms with E-state index in [4.69, 9.17) is 5.73 Å². The van der Waals surface area contributed by atoms with Crippen molar-refractivity contribution in [2.45, 2.75) is 36.8 Å². The molecule has 1 saturated heterocycles. The van der Waals surface area contributed by atoms with Crippen LogP contribution >= 0.6 is 0 Å². The average molecular weight is 401 g/mol. The molecule has 1 amide bonds. The fourth-order valence-corrected chi connectivity index (χ4v) is 5.02. The number of carbonyl (C=O) groups excluding carboxylic acids is 1. The average Bonchev–Trinajstić information content (AvgIpc) is 3.11. The van der Waals surface area contributed by atoms with Gasteiger partial charge in [0.1, 0.15) is 5.82 Å². The highest BCUT2D eigenvalue weighted by Gasteiger charge is 2.33. The lowest BCUT2D eigenvalue weighted by atomic mass is 9.81. The molecule has 2 aliphatic rings. The minimum Gasteiger partial charge on any atom is -0.366 e. The van der Waals surface area contributed by atoms with Gasteiger partial charge in [-0.25, -0.2) is 18.4 Å². The summed E-state index contributed by atoms with van der Waals surface area (Å²) in [5.41, 5.74) is 8.58. The molecular weight excluding hydrogens is 376 g/mol. The second-order valence-electron chi connectivity index (χ2n) is 7.72. The van der Waals surface area contributed by atoms with Gasteiger partial charge in [-0.15, -0.1) is 0 Å². The summed E-state index contributed by atoms with van der Waals surface area (Å²) in [5.74, 6) is 1.38. The summed E-state index contributed by atoms with van der Waals surface area (Å²) in [4.78, 5) is 21.7. The molecular formula is C20H24N4O3S. The minimum absolute atomic E-state index is 0.123. The number of amides is 1. The van der Waals surface area contributed by atoms with E-state index in [2.05, 4.69) is 20.9 Å². The largest absolute Gasteiger partial charge is 0.366 e. The van der Waals surface area contributed by atoms with Crippen molar-refractivity contribution in [2.24, 2.45) is 11.7 Å². The van der Waals surface area contributed by atoms with Crippen molar-refractivity contribution in [3.63, 3.8) is 0 Å². The van der Waals surface area contributed by atoms with Crippen LogP contribution in [0.3, 0.4) is 0 Å². The molecule has 2 N–H and O–H groups in total. The summed E-state index contributed by atoms with van der Waals surface area (Å²) < 4.78 is 23.4. The van der Waals surface area contributed by atoms with E-state index in [9.17, 15) is 13.2 Å². The number of aromatic nitrogens is 2. The van der Waals surface area contributed by atoms with E-state index in [1.54, 1.807) is 6.07 Å². The maximum absolute atomic E-state index is 11.7. The molecule has 1 unspecified atom stereocenters. The van der Waals surface area contributed by atoms with E-state index < -0.39 is 9.84 Å². The second-order valence-corrected chi connectivity index (χ2v) is 9.63. The molecule has 2 aromatic rings. The zero-order valence-electron chi connectivity index (χ0n) is 15.8. The molecule has 1 aromatic carbocycles. The number of sulfone groups is 1. The number of carbonyl (C=O) groups is 1. The first-order valence-corrected chi connectivity index (χ1v) is 11.4. The van der Waals surface area contributed by atoms with Crippen molar-refractivity contribution in [2.75, 3.05) is 24.2 Å². The number of aryl methyl sites for hydroxylation is 1. The molecule has 148 valence electrons. The van der Waals surface area contributed by atoms with Crippen LogP contribution in [0.4, 0.5) is 5.82 Å². The molecule has 2 heterocycles. The number of benzene rings is 1. The van der Waals surface area contributed by atoms with Gasteiger partial charge in [-0.3, -0.25) is 4.79 Å². The Bertz CT molecular complexity index is 1010. The number of anilines is 1. The molecule has 1 fully saturated rings. The Morgan fingerprint density at radius 3 is 2.61 bits per heavy atom. The van der Waals surface area contributed by atoms with Crippen LogP contribution in [0.25, 0.3) is 0 Å². The Balaban J connectivity index is 1.46. The van der Waals surface area contributed by atoms with Crippen LogP contribution in [0.5, 0.6) is 0 Å². The summed E-state index contributed by atoms with van der Waals surface area (Å²) in [6.07, 6.45) is 6.78. The Hall–Kier alpha value is -2.48. The van der Waals surface area contributed by atoms with Gasteiger partial charge >= 0.3 is 0 Å². The van der Waals surface area contributed by atoms with Crippen molar-refractivity contribution in [3.05, 3.63) is 47.2 Å². The lowest BCUT2D eigenvalue weighted by Crippen LogP contribution is -2.36. The molecule has 0 radical (unpaired) electrons. The van der Waals surface area contributed by atoms with Gasteiger partial charge in [0.2, 0.25) is 20.9 Å². The molecule has 1 aliphatic heterocycles. The zero-order valence-corrected chi connectivity index (χ0v) is 16.7. The molecule has 8 heteroatoms. The maximum atomic E-state index is 11.7. The predicted molar refractivity (Wildman–Crippen MR) is 106 cm³/mol. The number of hydrogen-bond acceptors (Lipinski definition) is 6. The number of nitrogens with zero attached hydrogens (tertiary/aromatic N) is 3. The number of rotatable bonds is 4. The highest BCUT2D eigenvalue weighted by Crippen LogP contribution is 2.43. The third kappa shape index (κ3) is 3.61. The van der Waals surface area contributed by atoms with Crippen LogP contribution in [0.15, 0.2) is 35.6 Å². The Labute approximate surface area is 164 Å². The van der Waals surface area contributed by atoms with E-state index in [0.29, 0.717) is 23.2 Å². The molecule has 1 aromatic heterocycles. The van der Waals surface area contributed by atoms with Crippen LogP contribution in [0.1, 0.15) is 46.7 Å². The standard InChI is InChI=1S/C20H24N4O3S/c1-28(26,27)20-22-9-6-18(23-20)24-10-7-13(8-11-24)16-4-2-14-12-15(19(21)25)3-5-17(14)16/h3,5-6,9,12-13,16H,2,4,7-8,10-11H2,1H3,(H2,21,25). The van der Waals surface area contributed by atoms with Gasteiger partial charge in [0.15, 0.2) is 0 Å². The van der Waals surface area contributed by atoms with Crippen molar-refractivity contribution < 1.29 is 13.2 Å². The van der Waals surface area contributed by atoms with Crippen molar-refractivity contribution in [3.8, 4) is 0 Å². The van der Waals surface area contributed by atoms with E-state index in [1.165, 1.54) is 17.3 Å². The summed E-state index contributed by atoms with van der Waals surface area (Å²) in [5, 5.41) is -0.123.